The molecule has 1 aliphatic heterocycles. The van der Waals surface area contributed by atoms with Crippen LogP contribution in [0.15, 0.2) is 29.0 Å². The van der Waals surface area contributed by atoms with E-state index in [4.69, 9.17) is 9.26 Å². The first-order valence-electron chi connectivity index (χ1n) is 6.22. The first kappa shape index (κ1) is 12.1. The molecule has 3 rings (SSSR count). The van der Waals surface area contributed by atoms with Gasteiger partial charge in [0, 0.05) is 31.5 Å². The SMILES string of the molecule is Fc1ccc2c(c1)CC(CNCCc1ncno1)O2. The van der Waals surface area contributed by atoms with E-state index in [0.717, 1.165) is 24.3 Å². The molecule has 0 saturated carbocycles. The molecule has 1 aliphatic rings. The number of ether oxygens (including phenoxy) is 1. The lowest BCUT2D eigenvalue weighted by molar-refractivity contribution is 0.227. The quantitative estimate of drug-likeness (QED) is 0.825. The molecule has 0 saturated heterocycles. The van der Waals surface area contributed by atoms with Gasteiger partial charge in [-0.2, -0.15) is 4.98 Å². The van der Waals surface area contributed by atoms with Crippen molar-refractivity contribution in [2.75, 3.05) is 13.1 Å². The molecule has 1 atom stereocenters. The highest BCUT2D eigenvalue weighted by Crippen LogP contribution is 2.28. The number of nitrogens with one attached hydrogen (secondary N) is 1. The predicted molar refractivity (Wildman–Crippen MR) is 65.4 cm³/mol. The van der Waals surface area contributed by atoms with Gasteiger partial charge in [-0.15, -0.1) is 0 Å². The van der Waals surface area contributed by atoms with Gasteiger partial charge >= 0.3 is 0 Å². The zero-order chi connectivity index (χ0) is 13.1. The largest absolute Gasteiger partial charge is 0.488 e. The average Bonchev–Trinajstić information content (AvgIpc) is 3.02. The van der Waals surface area contributed by atoms with E-state index >= 15 is 0 Å². The molecular formula is C13H14FN3O2. The summed E-state index contributed by atoms with van der Waals surface area (Å²) in [5, 5.41) is 6.81. The summed E-state index contributed by atoms with van der Waals surface area (Å²) < 4.78 is 23.7. The van der Waals surface area contributed by atoms with Gasteiger partial charge in [-0.1, -0.05) is 5.16 Å². The van der Waals surface area contributed by atoms with Crippen LogP contribution < -0.4 is 10.1 Å². The van der Waals surface area contributed by atoms with Gasteiger partial charge in [0.15, 0.2) is 6.33 Å². The standard InChI is InChI=1S/C13H14FN3O2/c14-10-1-2-12-9(5-10)6-11(18-12)7-15-4-3-13-16-8-17-19-13/h1-2,5,8,11,15H,3-4,6-7H2. The summed E-state index contributed by atoms with van der Waals surface area (Å²) in [5.41, 5.74) is 0.934. The second-order valence-corrected chi connectivity index (χ2v) is 4.49. The van der Waals surface area contributed by atoms with Crippen molar-refractivity contribution in [3.05, 3.63) is 41.8 Å². The van der Waals surface area contributed by atoms with Crippen LogP contribution in [0.4, 0.5) is 4.39 Å². The van der Waals surface area contributed by atoms with Gasteiger partial charge in [0.25, 0.3) is 0 Å². The summed E-state index contributed by atoms with van der Waals surface area (Å²) in [6.45, 7) is 1.46. The van der Waals surface area contributed by atoms with Gasteiger partial charge in [-0.05, 0) is 18.2 Å². The molecule has 0 fully saturated rings. The first-order valence-corrected chi connectivity index (χ1v) is 6.22. The van der Waals surface area contributed by atoms with Gasteiger partial charge in [0.05, 0.1) is 0 Å². The van der Waals surface area contributed by atoms with Crippen LogP contribution in [0.2, 0.25) is 0 Å². The molecule has 2 heterocycles. The Balaban J connectivity index is 1.43. The molecule has 2 aromatic rings. The Labute approximate surface area is 109 Å². The van der Waals surface area contributed by atoms with Crippen LogP contribution >= 0.6 is 0 Å². The number of benzene rings is 1. The van der Waals surface area contributed by atoms with Gasteiger partial charge in [-0.25, -0.2) is 4.39 Å². The maximum atomic E-state index is 13.1. The van der Waals surface area contributed by atoms with E-state index in [2.05, 4.69) is 15.5 Å². The van der Waals surface area contributed by atoms with Crippen molar-refractivity contribution >= 4 is 0 Å². The second-order valence-electron chi connectivity index (χ2n) is 4.49. The molecular weight excluding hydrogens is 249 g/mol. The third kappa shape index (κ3) is 2.90. The summed E-state index contributed by atoms with van der Waals surface area (Å²) in [5.74, 6) is 1.18. The smallest absolute Gasteiger partial charge is 0.227 e. The Morgan fingerprint density at radius 3 is 3.21 bits per heavy atom. The Morgan fingerprint density at radius 1 is 1.42 bits per heavy atom. The Bertz CT molecular complexity index is 545. The lowest BCUT2D eigenvalue weighted by Crippen LogP contribution is -2.31. The molecule has 5 nitrogen and oxygen atoms in total. The van der Waals surface area contributed by atoms with E-state index in [0.29, 0.717) is 18.9 Å². The minimum atomic E-state index is -0.215. The lowest BCUT2D eigenvalue weighted by atomic mass is 10.1. The summed E-state index contributed by atoms with van der Waals surface area (Å²) >= 11 is 0. The predicted octanol–water partition coefficient (Wildman–Crippen LogP) is 1.34. The van der Waals surface area contributed by atoms with Crippen LogP contribution in [0, 0.1) is 5.82 Å². The molecule has 0 spiro atoms. The Morgan fingerprint density at radius 2 is 2.37 bits per heavy atom. The lowest BCUT2D eigenvalue weighted by Gasteiger charge is -2.11. The molecule has 0 bridgehead atoms. The Kier molecular flexibility index (Phi) is 3.41. The minimum absolute atomic E-state index is 0.0551. The molecule has 0 aliphatic carbocycles. The number of fused-ring (bicyclic) bond motifs is 1. The highest BCUT2D eigenvalue weighted by molar-refractivity contribution is 5.37. The van der Waals surface area contributed by atoms with Crippen molar-refractivity contribution in [1.82, 2.24) is 15.5 Å². The summed E-state index contributed by atoms with van der Waals surface area (Å²) in [4.78, 5) is 3.94. The molecule has 1 aromatic heterocycles. The summed E-state index contributed by atoms with van der Waals surface area (Å²) in [7, 11) is 0. The van der Waals surface area contributed by atoms with E-state index in [1.54, 1.807) is 6.07 Å². The molecule has 1 N–H and O–H groups in total. The summed E-state index contributed by atoms with van der Waals surface area (Å²) in [6.07, 6.45) is 2.87. The van der Waals surface area contributed by atoms with E-state index in [1.165, 1.54) is 18.5 Å². The highest BCUT2D eigenvalue weighted by atomic mass is 19.1. The average molecular weight is 263 g/mol. The zero-order valence-corrected chi connectivity index (χ0v) is 10.3. The van der Waals surface area contributed by atoms with Crippen molar-refractivity contribution < 1.29 is 13.7 Å². The third-order valence-corrected chi connectivity index (χ3v) is 3.06. The van der Waals surface area contributed by atoms with E-state index in [-0.39, 0.29) is 11.9 Å². The number of nitrogens with zero attached hydrogens (tertiary/aromatic N) is 2. The molecule has 0 amide bonds. The van der Waals surface area contributed by atoms with Gasteiger partial charge < -0.3 is 14.6 Å². The van der Waals surface area contributed by atoms with Crippen LogP contribution in [0.5, 0.6) is 5.75 Å². The van der Waals surface area contributed by atoms with Crippen molar-refractivity contribution in [3.8, 4) is 5.75 Å². The van der Waals surface area contributed by atoms with Crippen LogP contribution in [0.25, 0.3) is 0 Å². The maximum absolute atomic E-state index is 13.1. The van der Waals surface area contributed by atoms with Crippen LogP contribution in [-0.4, -0.2) is 29.3 Å². The van der Waals surface area contributed by atoms with Crippen molar-refractivity contribution in [2.45, 2.75) is 18.9 Å². The zero-order valence-electron chi connectivity index (χ0n) is 10.3. The second kappa shape index (κ2) is 5.36. The van der Waals surface area contributed by atoms with Gasteiger partial charge in [0.2, 0.25) is 5.89 Å². The number of rotatable bonds is 5. The fourth-order valence-electron chi connectivity index (χ4n) is 2.17. The molecule has 1 aromatic carbocycles. The highest BCUT2D eigenvalue weighted by Gasteiger charge is 2.22. The molecule has 0 radical (unpaired) electrons. The van der Waals surface area contributed by atoms with Gasteiger partial charge in [0.1, 0.15) is 17.7 Å². The fraction of sp³-hybridized carbons (Fsp3) is 0.385. The number of hydrogen-bond donors (Lipinski definition) is 1. The van der Waals surface area contributed by atoms with E-state index in [1.807, 2.05) is 0 Å². The first-order chi connectivity index (χ1) is 9.31. The third-order valence-electron chi connectivity index (χ3n) is 3.06. The van der Waals surface area contributed by atoms with Crippen molar-refractivity contribution in [2.24, 2.45) is 0 Å². The van der Waals surface area contributed by atoms with Gasteiger partial charge in [-0.3, -0.25) is 0 Å². The monoisotopic (exact) mass is 263 g/mol. The Hall–Kier alpha value is -1.95. The normalized spacial score (nSPS) is 17.2. The van der Waals surface area contributed by atoms with Crippen LogP contribution in [0.1, 0.15) is 11.5 Å². The number of hydrogen-bond acceptors (Lipinski definition) is 5. The number of halogens is 1. The van der Waals surface area contributed by atoms with Crippen LogP contribution in [0.3, 0.4) is 0 Å². The minimum Gasteiger partial charge on any atom is -0.488 e. The van der Waals surface area contributed by atoms with Crippen molar-refractivity contribution in [3.63, 3.8) is 0 Å². The summed E-state index contributed by atoms with van der Waals surface area (Å²) in [6, 6.07) is 4.64. The molecule has 1 unspecified atom stereocenters. The van der Waals surface area contributed by atoms with E-state index < -0.39 is 0 Å². The van der Waals surface area contributed by atoms with E-state index in [9.17, 15) is 4.39 Å². The topological polar surface area (TPSA) is 60.2 Å². The van der Waals surface area contributed by atoms with Crippen molar-refractivity contribution in [1.29, 1.82) is 0 Å². The maximum Gasteiger partial charge on any atom is 0.227 e. The van der Waals surface area contributed by atoms with Crippen LogP contribution in [-0.2, 0) is 12.8 Å². The molecule has 6 heteroatoms. The molecule has 100 valence electrons. The fourth-order valence-corrected chi connectivity index (χ4v) is 2.17. The number of aromatic nitrogens is 2. The molecule has 19 heavy (non-hydrogen) atoms.